The van der Waals surface area contributed by atoms with Crippen LogP contribution in [0.2, 0.25) is 0 Å². The van der Waals surface area contributed by atoms with Crippen LogP contribution in [-0.4, -0.2) is 50.7 Å². The first kappa shape index (κ1) is 27.5. The molecule has 39 heavy (non-hydrogen) atoms. The third-order valence-electron chi connectivity index (χ3n) is 6.11. The van der Waals surface area contributed by atoms with Crippen molar-refractivity contribution in [2.45, 2.75) is 40.3 Å². The second-order valence-corrected chi connectivity index (χ2v) is 10.4. The summed E-state index contributed by atoms with van der Waals surface area (Å²) in [5, 5.41) is 13.9. The first-order valence-electron chi connectivity index (χ1n) is 12.6. The number of aromatic amines is 1. The Morgan fingerprint density at radius 1 is 1.08 bits per heavy atom. The van der Waals surface area contributed by atoms with Crippen LogP contribution in [0.3, 0.4) is 0 Å². The highest BCUT2D eigenvalue weighted by molar-refractivity contribution is 6.06. The van der Waals surface area contributed by atoms with Gasteiger partial charge < -0.3 is 16.0 Å². The number of H-pyrrole nitrogens is 1. The highest BCUT2D eigenvalue weighted by Gasteiger charge is 2.34. The van der Waals surface area contributed by atoms with Crippen molar-refractivity contribution in [3.8, 4) is 0 Å². The third-order valence-corrected chi connectivity index (χ3v) is 6.11. The molecule has 2 aromatic carbocycles. The van der Waals surface area contributed by atoms with E-state index in [2.05, 4.69) is 31.0 Å². The number of benzene rings is 2. The molecule has 0 spiro atoms. The number of aromatic nitrogens is 4. The quantitative estimate of drug-likeness (QED) is 0.245. The number of anilines is 1. The van der Waals surface area contributed by atoms with Gasteiger partial charge in [-0.05, 0) is 36.1 Å². The second-order valence-electron chi connectivity index (χ2n) is 10.4. The predicted octanol–water partition coefficient (Wildman–Crippen LogP) is 2.99. The van der Waals surface area contributed by atoms with Crippen LogP contribution in [0, 0.1) is 18.2 Å². The largest absolute Gasteiger partial charge is 0.354 e. The van der Waals surface area contributed by atoms with E-state index in [9.17, 15) is 18.8 Å². The molecule has 0 bridgehead atoms. The molecule has 0 aliphatic heterocycles. The summed E-state index contributed by atoms with van der Waals surface area (Å²) in [6, 6.07) is 14.0. The van der Waals surface area contributed by atoms with Crippen LogP contribution in [0.5, 0.6) is 0 Å². The summed E-state index contributed by atoms with van der Waals surface area (Å²) in [5.41, 5.74) is 1.50. The fourth-order valence-electron chi connectivity index (χ4n) is 4.18. The van der Waals surface area contributed by atoms with E-state index in [1.807, 2.05) is 39.0 Å². The lowest BCUT2D eigenvalue weighted by atomic mass is 9.86. The van der Waals surface area contributed by atoms with Gasteiger partial charge in [0, 0.05) is 30.2 Å². The van der Waals surface area contributed by atoms with Gasteiger partial charge in [0.15, 0.2) is 5.69 Å². The number of hydrogen-bond acceptors (Lipinski definition) is 6. The Bertz CT molecular complexity index is 1540. The predicted molar refractivity (Wildman–Crippen MR) is 147 cm³/mol. The Kier molecular flexibility index (Phi) is 8.08. The van der Waals surface area contributed by atoms with Crippen molar-refractivity contribution < 1.29 is 14.0 Å². The number of carbonyl (C=O) groups is 2. The van der Waals surface area contributed by atoms with E-state index < -0.39 is 17.4 Å². The normalized spacial score (nSPS) is 12.2. The summed E-state index contributed by atoms with van der Waals surface area (Å²) in [6.45, 7) is 8.22. The molecule has 0 radical (unpaired) electrons. The molecule has 2 aromatic heterocycles. The summed E-state index contributed by atoms with van der Waals surface area (Å²) < 4.78 is 15.0. The summed E-state index contributed by atoms with van der Waals surface area (Å²) in [7, 11) is 0. The lowest BCUT2D eigenvalue weighted by Crippen LogP contribution is -2.54. The van der Waals surface area contributed by atoms with E-state index in [0.29, 0.717) is 30.1 Å². The van der Waals surface area contributed by atoms with Gasteiger partial charge in [0.25, 0.3) is 11.5 Å². The van der Waals surface area contributed by atoms with Crippen molar-refractivity contribution in [3.05, 3.63) is 87.7 Å². The highest BCUT2D eigenvalue weighted by Crippen LogP contribution is 2.23. The van der Waals surface area contributed by atoms with Gasteiger partial charge in [0.1, 0.15) is 11.9 Å². The van der Waals surface area contributed by atoms with Gasteiger partial charge in [-0.25, -0.2) is 9.37 Å². The van der Waals surface area contributed by atoms with E-state index in [1.165, 1.54) is 18.2 Å². The first-order chi connectivity index (χ1) is 18.5. The van der Waals surface area contributed by atoms with Crippen molar-refractivity contribution in [1.82, 2.24) is 30.4 Å². The number of fused-ring (bicyclic) bond motifs is 1. The van der Waals surface area contributed by atoms with Crippen LogP contribution in [0.15, 0.2) is 59.4 Å². The molecule has 0 aliphatic carbocycles. The highest BCUT2D eigenvalue weighted by atomic mass is 19.1. The van der Waals surface area contributed by atoms with Crippen molar-refractivity contribution in [1.29, 1.82) is 0 Å². The summed E-state index contributed by atoms with van der Waals surface area (Å²) in [6.07, 6.45) is 0. The van der Waals surface area contributed by atoms with Crippen molar-refractivity contribution >= 4 is 28.7 Å². The van der Waals surface area contributed by atoms with E-state index in [0.717, 1.165) is 11.1 Å². The Morgan fingerprint density at radius 3 is 2.49 bits per heavy atom. The number of rotatable bonds is 9. The minimum Gasteiger partial charge on any atom is -0.354 e. The Balaban J connectivity index is 1.46. The first-order valence-corrected chi connectivity index (χ1v) is 12.6. The van der Waals surface area contributed by atoms with Crippen LogP contribution >= 0.6 is 0 Å². The average Bonchev–Trinajstić information content (AvgIpc) is 3.23. The molecule has 2 heterocycles. The van der Waals surface area contributed by atoms with E-state index in [-0.39, 0.29) is 29.5 Å². The zero-order valence-corrected chi connectivity index (χ0v) is 22.3. The molecular weight excluding hydrogens is 501 g/mol. The maximum atomic E-state index is 13.4. The molecule has 0 fully saturated rings. The van der Waals surface area contributed by atoms with Crippen LogP contribution in [0.1, 0.15) is 42.5 Å². The zero-order chi connectivity index (χ0) is 28.2. The fourth-order valence-corrected chi connectivity index (χ4v) is 4.18. The Morgan fingerprint density at radius 2 is 1.79 bits per heavy atom. The van der Waals surface area contributed by atoms with Gasteiger partial charge in [0.2, 0.25) is 11.9 Å². The number of hydrogen-bond donors (Lipinski definition) is 4. The number of amides is 2. The number of aryl methyl sites for hydroxylation is 1. The smallest absolute Gasteiger partial charge is 0.273 e. The molecular formula is C28H32FN7O3. The maximum absolute atomic E-state index is 13.4. The maximum Gasteiger partial charge on any atom is 0.273 e. The molecule has 4 aromatic rings. The fraction of sp³-hybridized carbons (Fsp3) is 0.321. The number of halogens is 1. The lowest BCUT2D eigenvalue weighted by Gasteiger charge is -2.30. The van der Waals surface area contributed by atoms with Crippen molar-refractivity contribution in [2.24, 2.45) is 5.41 Å². The van der Waals surface area contributed by atoms with Crippen molar-refractivity contribution in [3.63, 3.8) is 0 Å². The van der Waals surface area contributed by atoms with E-state index in [1.54, 1.807) is 29.8 Å². The molecule has 0 saturated carbocycles. The summed E-state index contributed by atoms with van der Waals surface area (Å²) in [5.74, 6) is -0.830. The number of carbonyl (C=O) groups excluding carboxylic acids is 2. The minimum absolute atomic E-state index is 0.200. The molecule has 11 heteroatoms. The Hall–Kier alpha value is -4.54. The third kappa shape index (κ3) is 6.86. The Labute approximate surface area is 225 Å². The molecule has 1 atom stereocenters. The zero-order valence-electron chi connectivity index (χ0n) is 22.3. The van der Waals surface area contributed by atoms with Crippen LogP contribution in [0.4, 0.5) is 10.3 Å². The number of nitrogens with zero attached hydrogens (tertiary/aromatic N) is 3. The minimum atomic E-state index is -0.845. The molecule has 0 aliphatic rings. The van der Waals surface area contributed by atoms with Gasteiger partial charge in [-0.2, -0.15) is 5.10 Å². The van der Waals surface area contributed by atoms with Crippen LogP contribution < -0.4 is 21.5 Å². The summed E-state index contributed by atoms with van der Waals surface area (Å²) in [4.78, 5) is 44.9. The second kappa shape index (κ2) is 11.5. The molecule has 2 amide bonds. The van der Waals surface area contributed by atoms with Crippen LogP contribution in [-0.2, 0) is 11.3 Å². The average molecular weight is 534 g/mol. The number of para-hydroxylation sites is 1. The monoisotopic (exact) mass is 533 g/mol. The topological polar surface area (TPSA) is 134 Å². The van der Waals surface area contributed by atoms with Gasteiger partial charge in [0.05, 0.1) is 12.1 Å². The number of nitrogens with one attached hydrogen (secondary N) is 4. The molecule has 0 unspecified atom stereocenters. The molecule has 4 rings (SSSR count). The standard InChI is InChI=1S/C28H32FN7O3/c1-17-15-22(37)33-27(32-17)31-14-13-30-26(39)24(28(2,3)4)34-25(38)23-20-7-5-6-8-21(20)36(35-23)16-18-9-11-19(29)12-10-18/h5-12,15,24H,13-14,16H2,1-4H3,(H,30,39)(H,34,38)(H2,31,32,33,37)/t24-/m1/s1. The molecule has 10 nitrogen and oxygen atoms in total. The van der Waals surface area contributed by atoms with Gasteiger partial charge in [-0.1, -0.05) is 51.1 Å². The van der Waals surface area contributed by atoms with Gasteiger partial charge >= 0.3 is 0 Å². The lowest BCUT2D eigenvalue weighted by molar-refractivity contribution is -0.125. The molecule has 204 valence electrons. The summed E-state index contributed by atoms with van der Waals surface area (Å²) >= 11 is 0. The SMILES string of the molecule is Cc1cc(=O)[nH]c(NCCNC(=O)[C@@H](NC(=O)c2nn(Cc3ccc(F)cc3)c3ccccc23)C(C)(C)C)n1. The molecule has 4 N–H and O–H groups in total. The van der Waals surface area contributed by atoms with Crippen molar-refractivity contribution in [2.75, 3.05) is 18.4 Å². The van der Waals surface area contributed by atoms with Crippen LogP contribution in [0.25, 0.3) is 10.9 Å². The molecule has 0 saturated heterocycles. The van der Waals surface area contributed by atoms with Gasteiger partial charge in [-0.15, -0.1) is 0 Å². The van der Waals surface area contributed by atoms with E-state index in [4.69, 9.17) is 0 Å². The van der Waals surface area contributed by atoms with E-state index >= 15 is 0 Å². The van der Waals surface area contributed by atoms with Gasteiger partial charge in [-0.3, -0.25) is 24.0 Å².